The van der Waals surface area contributed by atoms with Crippen LogP contribution in [-0.2, 0) is 0 Å². The normalized spacial score (nSPS) is 13.4. The van der Waals surface area contributed by atoms with E-state index in [0.29, 0.717) is 0 Å². The lowest BCUT2D eigenvalue weighted by Crippen LogP contribution is -2.08. The predicted molar refractivity (Wildman–Crippen MR) is 90.1 cm³/mol. The van der Waals surface area contributed by atoms with Gasteiger partial charge in [0, 0.05) is 9.80 Å². The van der Waals surface area contributed by atoms with E-state index in [4.69, 9.17) is 0 Å². The number of thioether (sulfide) groups is 1. The lowest BCUT2D eigenvalue weighted by Gasteiger charge is -2.15. The molecule has 2 heteroatoms. The summed E-state index contributed by atoms with van der Waals surface area (Å²) in [6.45, 7) is 4.40. The molecule has 0 aliphatic carbocycles. The summed E-state index contributed by atoms with van der Waals surface area (Å²) >= 11 is 1.72. The summed E-state index contributed by atoms with van der Waals surface area (Å²) in [7, 11) is 0. The minimum atomic E-state index is -0.302. The van der Waals surface area contributed by atoms with Crippen molar-refractivity contribution in [1.82, 2.24) is 0 Å². The molecule has 0 saturated heterocycles. The minimum absolute atomic E-state index is 0.302. The fraction of sp³-hybridized carbons (Fsp3) is 0.556. The van der Waals surface area contributed by atoms with E-state index in [0.717, 1.165) is 24.2 Å². The predicted octanol–water partition coefficient (Wildman–Crippen LogP) is 5.79. The van der Waals surface area contributed by atoms with Crippen LogP contribution in [0.3, 0.4) is 0 Å². The number of hydrogen-bond acceptors (Lipinski definition) is 2. The van der Waals surface area contributed by atoms with Gasteiger partial charge in [0.25, 0.3) is 0 Å². The number of rotatable bonds is 10. The van der Waals surface area contributed by atoms with Crippen LogP contribution in [0.1, 0.15) is 58.8 Å². The smallest absolute Gasteiger partial charge is 0.0848 e. The van der Waals surface area contributed by atoms with Crippen LogP contribution in [0.4, 0.5) is 0 Å². The van der Waals surface area contributed by atoms with E-state index in [1.807, 2.05) is 6.07 Å². The molecule has 1 rings (SSSR count). The van der Waals surface area contributed by atoms with E-state index in [9.17, 15) is 5.11 Å². The fourth-order valence-corrected chi connectivity index (χ4v) is 3.07. The van der Waals surface area contributed by atoms with Gasteiger partial charge in [0.15, 0.2) is 0 Å². The molecule has 0 aromatic heterocycles. The van der Waals surface area contributed by atoms with Gasteiger partial charge in [-0.05, 0) is 25.0 Å². The molecule has 0 bridgehead atoms. The topological polar surface area (TPSA) is 20.2 Å². The summed E-state index contributed by atoms with van der Waals surface area (Å²) in [5.74, 6) is 0. The van der Waals surface area contributed by atoms with Crippen LogP contribution >= 0.6 is 11.8 Å². The summed E-state index contributed by atoms with van der Waals surface area (Å²) in [4.78, 5) is 2.34. The molecule has 0 aliphatic heterocycles. The van der Waals surface area contributed by atoms with E-state index in [2.05, 4.69) is 44.2 Å². The van der Waals surface area contributed by atoms with Crippen LogP contribution in [0, 0.1) is 0 Å². The van der Waals surface area contributed by atoms with Gasteiger partial charge in [-0.15, -0.1) is 0 Å². The maximum atomic E-state index is 10.4. The molecule has 0 heterocycles. The van der Waals surface area contributed by atoms with Crippen molar-refractivity contribution >= 4 is 11.8 Å². The Bertz CT molecular complexity index is 372. The highest BCUT2D eigenvalue weighted by molar-refractivity contribution is 8.03. The van der Waals surface area contributed by atoms with E-state index in [1.165, 1.54) is 30.6 Å². The Hall–Kier alpha value is -0.730. The maximum absolute atomic E-state index is 10.4. The Kier molecular flexibility index (Phi) is 9.52. The monoisotopic (exact) mass is 292 g/mol. The lowest BCUT2D eigenvalue weighted by atomic mass is 10.1. The zero-order valence-electron chi connectivity index (χ0n) is 12.8. The maximum Gasteiger partial charge on any atom is 0.0848 e. The van der Waals surface area contributed by atoms with Crippen molar-refractivity contribution in [3.8, 4) is 0 Å². The van der Waals surface area contributed by atoms with Crippen molar-refractivity contribution in [2.24, 2.45) is 0 Å². The van der Waals surface area contributed by atoms with E-state index in [1.54, 1.807) is 11.8 Å². The van der Waals surface area contributed by atoms with E-state index < -0.39 is 0 Å². The first-order chi connectivity index (χ1) is 9.77. The molecular formula is C18H28OS. The third-order valence-electron chi connectivity index (χ3n) is 3.29. The molecule has 0 radical (unpaired) electrons. The zero-order valence-corrected chi connectivity index (χ0v) is 13.7. The van der Waals surface area contributed by atoms with Gasteiger partial charge >= 0.3 is 0 Å². The van der Waals surface area contributed by atoms with Gasteiger partial charge in [0.2, 0.25) is 0 Å². The molecule has 1 nitrogen and oxygen atoms in total. The molecule has 1 aromatic rings. The van der Waals surface area contributed by atoms with Crippen LogP contribution in [0.2, 0.25) is 0 Å². The number of unbranched alkanes of at least 4 members (excludes halogenated alkanes) is 4. The number of benzene rings is 1. The molecule has 1 unspecified atom stereocenters. The van der Waals surface area contributed by atoms with Gasteiger partial charge in [-0.25, -0.2) is 0 Å². The fourth-order valence-electron chi connectivity index (χ4n) is 2.05. The SMILES string of the molecule is CCCC/C=C(/Sc1ccccc1)C(O)CCCCC. The Balaban J connectivity index is 2.61. The molecule has 0 aliphatic rings. The van der Waals surface area contributed by atoms with Gasteiger partial charge in [-0.3, -0.25) is 0 Å². The summed E-state index contributed by atoms with van der Waals surface area (Å²) < 4.78 is 0. The third-order valence-corrected chi connectivity index (χ3v) is 4.47. The largest absolute Gasteiger partial charge is 0.388 e. The van der Waals surface area contributed by atoms with Crippen molar-refractivity contribution in [1.29, 1.82) is 0 Å². The standard InChI is InChI=1S/C18H28OS/c1-3-5-8-14-17(19)18(15-9-6-4-2)20-16-12-10-7-11-13-16/h7,10-13,15,17,19H,3-6,8-9,14H2,1-2H3/b18-15+. The first-order valence-corrected chi connectivity index (χ1v) is 8.70. The second kappa shape index (κ2) is 11.0. The summed E-state index contributed by atoms with van der Waals surface area (Å²) in [6, 6.07) is 10.3. The third kappa shape index (κ3) is 7.16. The second-order valence-electron chi connectivity index (χ2n) is 5.18. The highest BCUT2D eigenvalue weighted by atomic mass is 32.2. The van der Waals surface area contributed by atoms with Crippen molar-refractivity contribution < 1.29 is 5.11 Å². The van der Waals surface area contributed by atoms with Gasteiger partial charge in [0.05, 0.1) is 6.10 Å². The number of aliphatic hydroxyl groups is 1. The van der Waals surface area contributed by atoms with Crippen molar-refractivity contribution in [3.05, 3.63) is 41.3 Å². The zero-order chi connectivity index (χ0) is 14.6. The molecule has 1 atom stereocenters. The average molecular weight is 292 g/mol. The molecule has 20 heavy (non-hydrogen) atoms. The highest BCUT2D eigenvalue weighted by Gasteiger charge is 2.11. The first kappa shape index (κ1) is 17.3. The molecule has 0 amide bonds. The van der Waals surface area contributed by atoms with Crippen LogP contribution < -0.4 is 0 Å². The molecule has 1 aromatic carbocycles. The Morgan fingerprint density at radius 3 is 2.45 bits per heavy atom. The van der Waals surface area contributed by atoms with Gasteiger partial charge in [0.1, 0.15) is 0 Å². The van der Waals surface area contributed by atoms with Crippen LogP contribution in [0.15, 0.2) is 46.2 Å². The average Bonchev–Trinajstić information content (AvgIpc) is 2.47. The minimum Gasteiger partial charge on any atom is -0.388 e. The van der Waals surface area contributed by atoms with E-state index in [-0.39, 0.29) is 6.10 Å². The number of hydrogen-bond donors (Lipinski definition) is 1. The first-order valence-electron chi connectivity index (χ1n) is 7.89. The van der Waals surface area contributed by atoms with Gasteiger partial charge in [-0.2, -0.15) is 0 Å². The van der Waals surface area contributed by atoms with Crippen molar-refractivity contribution in [3.63, 3.8) is 0 Å². The van der Waals surface area contributed by atoms with E-state index >= 15 is 0 Å². The van der Waals surface area contributed by atoms with Crippen LogP contribution in [0.25, 0.3) is 0 Å². The lowest BCUT2D eigenvalue weighted by molar-refractivity contribution is 0.204. The number of allylic oxidation sites excluding steroid dienone is 1. The Morgan fingerprint density at radius 2 is 1.80 bits per heavy atom. The molecule has 0 spiro atoms. The molecule has 0 fully saturated rings. The van der Waals surface area contributed by atoms with Gasteiger partial charge < -0.3 is 5.11 Å². The van der Waals surface area contributed by atoms with Crippen molar-refractivity contribution in [2.75, 3.05) is 0 Å². The quantitative estimate of drug-likeness (QED) is 0.435. The number of aliphatic hydroxyl groups excluding tert-OH is 1. The summed E-state index contributed by atoms with van der Waals surface area (Å²) in [6.07, 6.45) is 9.79. The molecule has 0 saturated carbocycles. The summed E-state index contributed by atoms with van der Waals surface area (Å²) in [5, 5.41) is 10.4. The molecule has 112 valence electrons. The highest BCUT2D eigenvalue weighted by Crippen LogP contribution is 2.31. The van der Waals surface area contributed by atoms with Gasteiger partial charge in [-0.1, -0.05) is 82.0 Å². The van der Waals surface area contributed by atoms with Crippen molar-refractivity contribution in [2.45, 2.75) is 69.8 Å². The second-order valence-corrected chi connectivity index (χ2v) is 6.32. The summed E-state index contributed by atoms with van der Waals surface area (Å²) in [5.41, 5.74) is 0. The molecule has 1 N–H and O–H groups in total. The Morgan fingerprint density at radius 1 is 1.10 bits per heavy atom. The van der Waals surface area contributed by atoms with Crippen LogP contribution in [0.5, 0.6) is 0 Å². The Labute approximate surface area is 128 Å². The van der Waals surface area contributed by atoms with Crippen LogP contribution in [-0.4, -0.2) is 11.2 Å². The molecular weight excluding hydrogens is 264 g/mol.